The number of carbonyl (C=O) groups excluding carboxylic acids is 4. The Morgan fingerprint density at radius 3 is 2.31 bits per heavy atom. The van der Waals surface area contributed by atoms with E-state index in [-0.39, 0.29) is 41.7 Å². The first-order valence-corrected chi connectivity index (χ1v) is 13.9. The maximum absolute atomic E-state index is 14.1. The van der Waals surface area contributed by atoms with Gasteiger partial charge in [0.1, 0.15) is 22.8 Å². The van der Waals surface area contributed by atoms with Gasteiger partial charge in [0.2, 0.25) is 11.7 Å². The minimum Gasteiger partial charge on any atom is -0.508 e. The molecule has 42 heavy (non-hydrogen) atoms. The van der Waals surface area contributed by atoms with Gasteiger partial charge in [-0.15, -0.1) is 0 Å². The summed E-state index contributed by atoms with van der Waals surface area (Å²) in [5.41, 5.74) is 2.28. The molecule has 1 saturated carbocycles. The van der Waals surface area contributed by atoms with Gasteiger partial charge in [0, 0.05) is 42.7 Å². The zero-order chi connectivity index (χ0) is 31.6. The number of phenolic OH excluding ortho intramolecular Hbond substituents is 1. The molecule has 0 aromatic heterocycles. The summed E-state index contributed by atoms with van der Waals surface area (Å²) >= 11 is 0. The Kier molecular flexibility index (Phi) is 7.71. The molecule has 0 radical (unpaired) electrons. The lowest BCUT2D eigenvalue weighted by atomic mass is 9.54. The third-order valence-electron chi connectivity index (χ3n) is 8.48. The molecule has 2 amide bonds. The molecular weight excluding hydrogens is 544 g/mol. The fourth-order valence-corrected chi connectivity index (χ4v) is 6.57. The van der Waals surface area contributed by atoms with Crippen molar-refractivity contribution in [2.45, 2.75) is 58.6 Å². The minimum absolute atomic E-state index is 0.00509. The van der Waals surface area contributed by atoms with Crippen LogP contribution >= 0.6 is 0 Å². The number of nitrogens with one attached hydrogen (secondary N) is 2. The van der Waals surface area contributed by atoms with Crippen LogP contribution < -0.4 is 21.3 Å². The van der Waals surface area contributed by atoms with Crippen LogP contribution in [0.3, 0.4) is 0 Å². The van der Waals surface area contributed by atoms with E-state index < -0.39 is 75.5 Å². The highest BCUT2D eigenvalue weighted by Gasteiger charge is 2.64. The van der Waals surface area contributed by atoms with E-state index in [4.69, 9.17) is 5.73 Å². The molecule has 0 aliphatic heterocycles. The lowest BCUT2D eigenvalue weighted by molar-refractivity contribution is -0.155. The second-order valence-corrected chi connectivity index (χ2v) is 13.0. The van der Waals surface area contributed by atoms with Gasteiger partial charge in [-0.2, -0.15) is 0 Å². The Bertz CT molecular complexity index is 1450. The number of carbonyl (C=O) groups is 4. The molecule has 4 rings (SSSR count). The van der Waals surface area contributed by atoms with E-state index >= 15 is 0 Å². The van der Waals surface area contributed by atoms with Gasteiger partial charge in [0.15, 0.2) is 11.4 Å². The second-order valence-electron chi connectivity index (χ2n) is 13.0. The number of aliphatic hydroxyl groups excluding tert-OH is 2. The molecule has 12 nitrogen and oxygen atoms in total. The molecule has 0 saturated heterocycles. The van der Waals surface area contributed by atoms with Crippen LogP contribution in [0.1, 0.15) is 52.2 Å². The van der Waals surface area contributed by atoms with Gasteiger partial charge in [0.25, 0.3) is 5.91 Å². The largest absolute Gasteiger partial charge is 0.508 e. The van der Waals surface area contributed by atoms with Gasteiger partial charge in [-0.05, 0) is 57.1 Å². The van der Waals surface area contributed by atoms with Gasteiger partial charge in [-0.1, -0.05) is 13.8 Å². The maximum atomic E-state index is 14.1. The number of aromatic hydroxyl groups is 1. The van der Waals surface area contributed by atoms with Crippen molar-refractivity contribution in [3.63, 3.8) is 0 Å². The van der Waals surface area contributed by atoms with Crippen LogP contribution in [0.25, 0.3) is 5.76 Å². The number of hydrogen-bond acceptors (Lipinski definition) is 10. The van der Waals surface area contributed by atoms with Crippen LogP contribution in [0.4, 0.5) is 11.4 Å². The normalized spacial score (nSPS) is 25.7. The molecular formula is C30H40N4O8. The number of anilines is 2. The fraction of sp³-hybridized carbons (Fsp3) is 0.533. The monoisotopic (exact) mass is 584 g/mol. The first-order valence-electron chi connectivity index (χ1n) is 13.9. The number of hydrogen-bond donors (Lipinski definition) is 7. The number of primary amides is 1. The van der Waals surface area contributed by atoms with Crippen LogP contribution in [0.2, 0.25) is 0 Å². The highest BCUT2D eigenvalue weighted by atomic mass is 16.3. The lowest BCUT2D eigenvalue weighted by Crippen LogP contribution is -2.62. The number of amides is 2. The van der Waals surface area contributed by atoms with E-state index in [2.05, 4.69) is 10.6 Å². The molecule has 8 N–H and O–H groups in total. The Hall–Kier alpha value is -3.90. The second kappa shape index (κ2) is 10.4. The quantitative estimate of drug-likeness (QED) is 0.190. The van der Waals surface area contributed by atoms with Crippen molar-refractivity contribution in [1.29, 1.82) is 0 Å². The van der Waals surface area contributed by atoms with Gasteiger partial charge < -0.3 is 41.7 Å². The number of rotatable bonds is 6. The van der Waals surface area contributed by atoms with Gasteiger partial charge in [-0.25, -0.2) is 0 Å². The molecule has 12 heteroatoms. The fourth-order valence-electron chi connectivity index (χ4n) is 6.57. The van der Waals surface area contributed by atoms with E-state index in [0.29, 0.717) is 11.3 Å². The highest BCUT2D eigenvalue weighted by Crippen LogP contribution is 2.56. The number of fused-ring (bicyclic) bond motifs is 3. The summed E-state index contributed by atoms with van der Waals surface area (Å²) in [6, 6.07) is 1.58. The first-order chi connectivity index (χ1) is 19.3. The summed E-state index contributed by atoms with van der Waals surface area (Å²) < 4.78 is 0. The van der Waals surface area contributed by atoms with Crippen LogP contribution in [0.15, 0.2) is 23.0 Å². The van der Waals surface area contributed by atoms with Gasteiger partial charge in [0.05, 0.1) is 17.8 Å². The van der Waals surface area contributed by atoms with Gasteiger partial charge >= 0.3 is 0 Å². The van der Waals surface area contributed by atoms with Crippen molar-refractivity contribution >= 4 is 40.5 Å². The number of nitrogens with two attached hydrogens (primary N) is 1. The highest BCUT2D eigenvalue weighted by molar-refractivity contribution is 6.23. The average Bonchev–Trinajstić information content (AvgIpc) is 2.85. The molecule has 228 valence electrons. The molecule has 0 unspecified atom stereocenters. The molecule has 1 fully saturated rings. The Balaban J connectivity index is 1.89. The van der Waals surface area contributed by atoms with Crippen LogP contribution in [0, 0.1) is 23.7 Å². The molecule has 0 bridgehead atoms. The predicted octanol–water partition coefficient (Wildman–Crippen LogP) is 1.70. The zero-order valence-electron chi connectivity index (χ0n) is 25.0. The number of ketones is 2. The first kappa shape index (κ1) is 31.0. The van der Waals surface area contributed by atoms with Crippen molar-refractivity contribution in [2.24, 2.45) is 29.4 Å². The van der Waals surface area contributed by atoms with Crippen LogP contribution in [-0.4, -0.2) is 75.6 Å². The summed E-state index contributed by atoms with van der Waals surface area (Å²) in [4.78, 5) is 54.0. The van der Waals surface area contributed by atoms with Crippen LogP contribution in [0.5, 0.6) is 5.75 Å². The Morgan fingerprint density at radius 2 is 1.79 bits per heavy atom. The molecule has 4 atom stereocenters. The Labute approximate surface area is 244 Å². The summed E-state index contributed by atoms with van der Waals surface area (Å²) in [5, 5.41) is 51.4. The summed E-state index contributed by atoms with van der Waals surface area (Å²) in [6.07, 6.45) is 0.177. The lowest BCUT2D eigenvalue weighted by Gasteiger charge is -2.50. The zero-order valence-corrected chi connectivity index (χ0v) is 25.0. The number of aliphatic hydroxyl groups is 3. The molecule has 0 spiro atoms. The molecule has 3 aliphatic carbocycles. The summed E-state index contributed by atoms with van der Waals surface area (Å²) in [5.74, 6) is -8.92. The Morgan fingerprint density at radius 1 is 1.17 bits per heavy atom. The van der Waals surface area contributed by atoms with E-state index in [0.717, 1.165) is 0 Å². The van der Waals surface area contributed by atoms with E-state index in [1.165, 1.54) is 0 Å². The molecule has 0 heterocycles. The van der Waals surface area contributed by atoms with E-state index in [1.54, 1.807) is 38.9 Å². The molecule has 1 aromatic carbocycles. The van der Waals surface area contributed by atoms with Crippen molar-refractivity contribution in [3.8, 4) is 5.75 Å². The third-order valence-corrected chi connectivity index (χ3v) is 8.48. The van der Waals surface area contributed by atoms with E-state index in [1.807, 2.05) is 20.8 Å². The van der Waals surface area contributed by atoms with E-state index in [9.17, 15) is 39.6 Å². The maximum Gasteiger partial charge on any atom is 0.255 e. The number of phenols is 1. The smallest absolute Gasteiger partial charge is 0.255 e. The minimum atomic E-state index is -2.69. The average molecular weight is 585 g/mol. The van der Waals surface area contributed by atoms with Gasteiger partial charge in [-0.3, -0.25) is 19.2 Å². The van der Waals surface area contributed by atoms with Crippen molar-refractivity contribution < 1.29 is 39.6 Å². The predicted molar refractivity (Wildman–Crippen MR) is 156 cm³/mol. The number of nitrogens with zero attached hydrogens (tertiary/aromatic N) is 1. The number of Topliss-reactive ketones (excluding diaryl/α,β-unsaturated/α-hetero) is 2. The third kappa shape index (κ3) is 4.82. The van der Waals surface area contributed by atoms with Crippen molar-refractivity contribution in [1.82, 2.24) is 5.32 Å². The standard InChI is InChI=1S/C30H40N4O8/c1-12(2)19-15-9-13-8-14-17(34(6)7)10-16(33-18(35)11-32-29(3,4)5)23(36)21(14)25(38)20(13)26(39)30(15,42)27(40)22(24(19)37)28(31)41/h10,12-13,15,19,32,36,38,40,42H,8-9,11H2,1-7H3,(H2,31,41)(H,33,35)/t13-,15-,19-,30-/m0/s1. The SMILES string of the molecule is CC(C)[C@@H]1C(=O)C(C(N)=O)=C(O)[C@@]2(O)C(=O)C3=C(O)c4c(O)c(NC(=O)CNC(C)(C)C)cc(N(C)C)c4C[C@H]3C[C@@H]12. The topological polar surface area (TPSA) is 203 Å². The summed E-state index contributed by atoms with van der Waals surface area (Å²) in [6.45, 7) is 9.05. The molecule has 1 aromatic rings. The molecule has 3 aliphatic rings. The van der Waals surface area contributed by atoms with Crippen molar-refractivity contribution in [3.05, 3.63) is 34.1 Å². The summed E-state index contributed by atoms with van der Waals surface area (Å²) in [7, 11) is 3.51. The number of benzene rings is 1. The van der Waals surface area contributed by atoms with Crippen LogP contribution in [-0.2, 0) is 25.6 Å². The van der Waals surface area contributed by atoms with Crippen molar-refractivity contribution in [2.75, 3.05) is 30.9 Å².